The summed E-state index contributed by atoms with van der Waals surface area (Å²) in [5, 5.41) is 3.69. The van der Waals surface area contributed by atoms with Gasteiger partial charge in [0.25, 0.3) is 0 Å². The Balaban J connectivity index is 2.11. The van der Waals surface area contributed by atoms with E-state index in [2.05, 4.69) is 17.2 Å². The molecule has 0 radical (unpaired) electrons. The number of aromatic amines is 1. The molecule has 4 nitrogen and oxygen atoms in total. The Morgan fingerprint density at radius 3 is 3.11 bits per heavy atom. The maximum Gasteiger partial charge on any atom is 0.248 e. The van der Waals surface area contributed by atoms with Gasteiger partial charge in [-0.3, -0.25) is 4.79 Å². The normalized spacial score (nSPS) is 20.0. The lowest BCUT2D eigenvalue weighted by atomic mass is 9.90. The van der Waals surface area contributed by atoms with E-state index in [1.165, 1.54) is 5.56 Å². The number of aromatic nitrogens is 1. The Hall–Kier alpha value is -1.13. The molecular weight excluding hydrogens is 240 g/mol. The van der Waals surface area contributed by atoms with Gasteiger partial charge in [0, 0.05) is 31.0 Å². The van der Waals surface area contributed by atoms with Gasteiger partial charge in [-0.1, -0.05) is 19.4 Å². The minimum Gasteiger partial charge on any atom is -0.383 e. The number of H-pyrrole nitrogens is 1. The second kappa shape index (κ2) is 6.87. The predicted molar refractivity (Wildman–Crippen MR) is 76.4 cm³/mol. The highest BCUT2D eigenvalue weighted by Gasteiger charge is 2.23. The number of rotatable bonds is 6. The first-order valence-electron chi connectivity index (χ1n) is 7.21. The van der Waals surface area contributed by atoms with Crippen LogP contribution < -0.4 is 10.9 Å². The molecule has 0 aromatic carbocycles. The lowest BCUT2D eigenvalue weighted by Crippen LogP contribution is -2.38. The average Bonchev–Trinajstić information content (AvgIpc) is 2.39. The van der Waals surface area contributed by atoms with Crippen LogP contribution in [0.4, 0.5) is 0 Å². The summed E-state index contributed by atoms with van der Waals surface area (Å²) in [6.07, 6.45) is 5.49. The monoisotopic (exact) mass is 264 g/mol. The molecule has 0 bridgehead atoms. The maximum atomic E-state index is 11.4. The fourth-order valence-electron chi connectivity index (χ4n) is 2.92. The van der Waals surface area contributed by atoms with E-state index in [0.717, 1.165) is 44.4 Å². The molecule has 2 unspecified atom stereocenters. The molecule has 4 heteroatoms. The quantitative estimate of drug-likeness (QED) is 0.828. The molecule has 1 aromatic rings. The van der Waals surface area contributed by atoms with Crippen LogP contribution in [-0.2, 0) is 11.2 Å². The molecular formula is C15H24N2O2. The van der Waals surface area contributed by atoms with Gasteiger partial charge in [0.05, 0.1) is 6.61 Å². The van der Waals surface area contributed by atoms with Crippen molar-refractivity contribution in [1.82, 2.24) is 10.3 Å². The Labute approximate surface area is 114 Å². The zero-order valence-electron chi connectivity index (χ0n) is 11.9. The molecule has 106 valence electrons. The highest BCUT2D eigenvalue weighted by molar-refractivity contribution is 5.26. The minimum atomic E-state index is 0.00130. The maximum absolute atomic E-state index is 11.4. The minimum absolute atomic E-state index is 0.00130. The largest absolute Gasteiger partial charge is 0.383 e. The predicted octanol–water partition coefficient (Wildman–Crippen LogP) is 2.16. The first-order chi connectivity index (χ1) is 9.24. The summed E-state index contributed by atoms with van der Waals surface area (Å²) in [6, 6.07) is 4.33. The van der Waals surface area contributed by atoms with Gasteiger partial charge in [-0.2, -0.15) is 0 Å². The first-order valence-corrected chi connectivity index (χ1v) is 7.21. The van der Waals surface area contributed by atoms with Gasteiger partial charge in [0.15, 0.2) is 0 Å². The Bertz CT molecular complexity index is 450. The third-order valence-electron chi connectivity index (χ3n) is 3.77. The highest BCUT2D eigenvalue weighted by Crippen LogP contribution is 2.28. The summed E-state index contributed by atoms with van der Waals surface area (Å²) < 4.78 is 5.28. The van der Waals surface area contributed by atoms with E-state index in [-0.39, 0.29) is 5.56 Å². The van der Waals surface area contributed by atoms with Gasteiger partial charge < -0.3 is 15.0 Å². The van der Waals surface area contributed by atoms with Crippen LogP contribution in [-0.4, -0.2) is 24.7 Å². The summed E-state index contributed by atoms with van der Waals surface area (Å²) in [6.45, 7) is 2.93. The fraction of sp³-hybridized carbons (Fsp3) is 0.667. The van der Waals surface area contributed by atoms with Gasteiger partial charge in [0.2, 0.25) is 5.56 Å². The van der Waals surface area contributed by atoms with Crippen LogP contribution in [0.15, 0.2) is 16.9 Å². The summed E-state index contributed by atoms with van der Waals surface area (Å²) in [5.74, 6) is 0. The number of fused-ring (bicyclic) bond motifs is 1. The van der Waals surface area contributed by atoms with Crippen LogP contribution in [0.25, 0.3) is 0 Å². The third-order valence-corrected chi connectivity index (χ3v) is 3.77. The average molecular weight is 264 g/mol. The molecule has 0 saturated carbocycles. The number of pyridine rings is 1. The van der Waals surface area contributed by atoms with Crippen LogP contribution in [0.2, 0.25) is 0 Å². The van der Waals surface area contributed by atoms with Crippen LogP contribution in [0.3, 0.4) is 0 Å². The number of aryl methyl sites for hydroxylation is 1. The number of hydrogen-bond acceptors (Lipinski definition) is 3. The molecule has 0 fully saturated rings. The molecule has 19 heavy (non-hydrogen) atoms. The van der Waals surface area contributed by atoms with Gasteiger partial charge in [0.1, 0.15) is 0 Å². The molecule has 1 aliphatic rings. The number of methoxy groups -OCH3 is 1. The van der Waals surface area contributed by atoms with Crippen molar-refractivity contribution in [2.75, 3.05) is 13.7 Å². The molecule has 2 atom stereocenters. The van der Waals surface area contributed by atoms with Crippen molar-refractivity contribution in [2.45, 2.75) is 51.1 Å². The van der Waals surface area contributed by atoms with Crippen molar-refractivity contribution in [1.29, 1.82) is 0 Å². The summed E-state index contributed by atoms with van der Waals surface area (Å²) >= 11 is 0. The molecule has 0 spiro atoms. The van der Waals surface area contributed by atoms with E-state index < -0.39 is 0 Å². The summed E-state index contributed by atoms with van der Waals surface area (Å²) in [7, 11) is 1.75. The zero-order chi connectivity index (χ0) is 13.7. The first kappa shape index (κ1) is 14.3. The van der Waals surface area contributed by atoms with Crippen molar-refractivity contribution in [3.8, 4) is 0 Å². The summed E-state index contributed by atoms with van der Waals surface area (Å²) in [4.78, 5) is 14.3. The lowest BCUT2D eigenvalue weighted by Gasteiger charge is -2.30. The topological polar surface area (TPSA) is 54.1 Å². The smallest absolute Gasteiger partial charge is 0.248 e. The van der Waals surface area contributed by atoms with E-state index >= 15 is 0 Å². The van der Waals surface area contributed by atoms with Crippen molar-refractivity contribution in [2.24, 2.45) is 0 Å². The highest BCUT2D eigenvalue weighted by atomic mass is 16.5. The third kappa shape index (κ3) is 3.67. The van der Waals surface area contributed by atoms with Crippen LogP contribution in [0.1, 0.15) is 49.9 Å². The lowest BCUT2D eigenvalue weighted by molar-refractivity contribution is 0.154. The van der Waals surface area contributed by atoms with Crippen LogP contribution >= 0.6 is 0 Å². The van der Waals surface area contributed by atoms with Crippen molar-refractivity contribution in [3.63, 3.8) is 0 Å². The van der Waals surface area contributed by atoms with Gasteiger partial charge in [-0.05, 0) is 31.2 Å². The number of nitrogens with one attached hydrogen (secondary N) is 2. The molecule has 0 aliphatic heterocycles. The van der Waals surface area contributed by atoms with Gasteiger partial charge in [-0.15, -0.1) is 0 Å². The molecule has 1 aliphatic carbocycles. The van der Waals surface area contributed by atoms with Gasteiger partial charge >= 0.3 is 0 Å². The molecule has 0 amide bonds. The SMILES string of the molecule is CCCC(COC)NC1CCCc2[nH]c(=O)ccc21. The number of ether oxygens (including phenoxy) is 1. The molecule has 1 heterocycles. The van der Waals surface area contributed by atoms with E-state index in [0.29, 0.717) is 12.1 Å². The second-order valence-corrected chi connectivity index (χ2v) is 5.31. The molecule has 2 rings (SSSR count). The van der Waals surface area contributed by atoms with Crippen LogP contribution in [0.5, 0.6) is 0 Å². The van der Waals surface area contributed by atoms with E-state index in [9.17, 15) is 4.79 Å². The molecule has 0 saturated heterocycles. The van der Waals surface area contributed by atoms with Gasteiger partial charge in [-0.25, -0.2) is 0 Å². The second-order valence-electron chi connectivity index (χ2n) is 5.31. The van der Waals surface area contributed by atoms with E-state index in [1.807, 2.05) is 6.07 Å². The van der Waals surface area contributed by atoms with Crippen molar-refractivity contribution < 1.29 is 4.74 Å². The number of hydrogen-bond donors (Lipinski definition) is 2. The Kier molecular flexibility index (Phi) is 5.16. The zero-order valence-corrected chi connectivity index (χ0v) is 11.9. The standard InChI is InChI=1S/C15H24N2O2/c1-3-5-11(10-19-2)16-13-6-4-7-14-12(13)8-9-15(18)17-14/h8-9,11,13,16H,3-7,10H2,1-2H3,(H,17,18). The Morgan fingerprint density at radius 2 is 2.37 bits per heavy atom. The van der Waals surface area contributed by atoms with Crippen LogP contribution in [0, 0.1) is 0 Å². The fourth-order valence-corrected chi connectivity index (χ4v) is 2.92. The van der Waals surface area contributed by atoms with Crippen molar-refractivity contribution >= 4 is 0 Å². The molecule has 2 N–H and O–H groups in total. The van der Waals surface area contributed by atoms with Crippen molar-refractivity contribution in [3.05, 3.63) is 33.7 Å². The summed E-state index contributed by atoms with van der Waals surface area (Å²) in [5.41, 5.74) is 2.35. The van der Waals surface area contributed by atoms with E-state index in [1.54, 1.807) is 13.2 Å². The molecule has 1 aromatic heterocycles. The van der Waals surface area contributed by atoms with E-state index in [4.69, 9.17) is 4.74 Å². The Morgan fingerprint density at radius 1 is 1.53 bits per heavy atom.